The van der Waals surface area contributed by atoms with Crippen molar-refractivity contribution < 1.29 is 13.9 Å². The lowest BCUT2D eigenvalue weighted by Gasteiger charge is -2.15. The Morgan fingerprint density at radius 1 is 1.26 bits per heavy atom. The maximum Gasteiger partial charge on any atom is 0.175 e. The van der Waals surface area contributed by atoms with Crippen LogP contribution in [0, 0.1) is 17.1 Å². The van der Waals surface area contributed by atoms with Crippen molar-refractivity contribution in [3.8, 4) is 17.6 Å². The predicted molar refractivity (Wildman–Crippen MR) is 90.7 cm³/mol. The van der Waals surface area contributed by atoms with Crippen LogP contribution in [0.15, 0.2) is 46.9 Å². The van der Waals surface area contributed by atoms with Gasteiger partial charge in [0, 0.05) is 11.6 Å². The summed E-state index contributed by atoms with van der Waals surface area (Å²) in [5, 5.41) is 8.62. The molecule has 0 fully saturated rings. The summed E-state index contributed by atoms with van der Waals surface area (Å²) in [4.78, 5) is 0. The standard InChI is InChI=1S/C18H15BrFNO2/c1-2-22-17-11-13(6-5-9-21)10-15(19)18(17)23-12-14-7-3-4-8-16(14)20/h3-8,10-11H,2,12H2,1H3/b6-5+. The first-order valence-corrected chi connectivity index (χ1v) is 7.83. The second-order valence-electron chi connectivity index (χ2n) is 4.61. The summed E-state index contributed by atoms with van der Waals surface area (Å²) in [6.07, 6.45) is 3.06. The number of benzene rings is 2. The molecule has 0 spiro atoms. The zero-order chi connectivity index (χ0) is 16.7. The number of hydrogen-bond acceptors (Lipinski definition) is 3. The largest absolute Gasteiger partial charge is 0.490 e. The minimum Gasteiger partial charge on any atom is -0.490 e. The zero-order valence-corrected chi connectivity index (χ0v) is 14.1. The van der Waals surface area contributed by atoms with Gasteiger partial charge in [-0.05, 0) is 52.7 Å². The van der Waals surface area contributed by atoms with Gasteiger partial charge in [-0.25, -0.2) is 4.39 Å². The third-order valence-corrected chi connectivity index (χ3v) is 3.60. The van der Waals surface area contributed by atoms with E-state index in [1.54, 1.807) is 30.3 Å². The molecule has 0 unspecified atom stereocenters. The van der Waals surface area contributed by atoms with Crippen molar-refractivity contribution in [1.29, 1.82) is 5.26 Å². The van der Waals surface area contributed by atoms with Gasteiger partial charge >= 0.3 is 0 Å². The molecule has 0 amide bonds. The van der Waals surface area contributed by atoms with Gasteiger partial charge in [-0.1, -0.05) is 18.2 Å². The number of allylic oxidation sites excluding steroid dienone is 1. The molecule has 0 saturated heterocycles. The first-order chi connectivity index (χ1) is 11.2. The molecule has 0 aliphatic carbocycles. The molecule has 0 radical (unpaired) electrons. The summed E-state index contributed by atoms with van der Waals surface area (Å²) in [6, 6.07) is 12.0. The highest BCUT2D eigenvalue weighted by Gasteiger charge is 2.12. The van der Waals surface area contributed by atoms with Gasteiger partial charge in [0.15, 0.2) is 11.5 Å². The van der Waals surface area contributed by atoms with Crippen LogP contribution in [0.4, 0.5) is 4.39 Å². The fourth-order valence-corrected chi connectivity index (χ4v) is 2.56. The highest BCUT2D eigenvalue weighted by molar-refractivity contribution is 9.10. The molecule has 5 heteroatoms. The molecule has 0 aliphatic heterocycles. The Hall–Kier alpha value is -2.32. The summed E-state index contributed by atoms with van der Waals surface area (Å²) >= 11 is 3.44. The van der Waals surface area contributed by atoms with Crippen molar-refractivity contribution in [3.63, 3.8) is 0 Å². The van der Waals surface area contributed by atoms with E-state index < -0.39 is 0 Å². The van der Waals surface area contributed by atoms with E-state index in [0.717, 1.165) is 5.56 Å². The van der Waals surface area contributed by atoms with Crippen LogP contribution in [-0.2, 0) is 6.61 Å². The molecule has 0 bridgehead atoms. The van der Waals surface area contributed by atoms with Crippen LogP contribution in [0.5, 0.6) is 11.5 Å². The Labute approximate surface area is 143 Å². The highest BCUT2D eigenvalue weighted by Crippen LogP contribution is 2.38. The molecule has 118 valence electrons. The minimum absolute atomic E-state index is 0.0960. The molecular weight excluding hydrogens is 361 g/mol. The fourth-order valence-electron chi connectivity index (χ4n) is 1.99. The van der Waals surface area contributed by atoms with Crippen LogP contribution < -0.4 is 9.47 Å². The molecule has 23 heavy (non-hydrogen) atoms. The van der Waals surface area contributed by atoms with Gasteiger partial charge in [0.25, 0.3) is 0 Å². The zero-order valence-electron chi connectivity index (χ0n) is 12.6. The van der Waals surface area contributed by atoms with Crippen LogP contribution in [0.3, 0.4) is 0 Å². The summed E-state index contributed by atoms with van der Waals surface area (Å²) in [5.41, 5.74) is 1.27. The first kappa shape index (κ1) is 17.0. The predicted octanol–water partition coefficient (Wildman–Crippen LogP) is 5.10. The average molecular weight is 376 g/mol. The van der Waals surface area contributed by atoms with E-state index in [0.29, 0.717) is 28.1 Å². The normalized spacial score (nSPS) is 10.5. The van der Waals surface area contributed by atoms with Crippen molar-refractivity contribution in [3.05, 3.63) is 63.9 Å². The van der Waals surface area contributed by atoms with E-state index in [9.17, 15) is 4.39 Å². The summed E-state index contributed by atoms with van der Waals surface area (Å²) in [6.45, 7) is 2.43. The minimum atomic E-state index is -0.310. The van der Waals surface area contributed by atoms with E-state index >= 15 is 0 Å². The third kappa shape index (κ3) is 4.57. The first-order valence-electron chi connectivity index (χ1n) is 7.04. The van der Waals surface area contributed by atoms with Crippen LogP contribution in [-0.4, -0.2) is 6.61 Å². The van der Waals surface area contributed by atoms with Crippen LogP contribution >= 0.6 is 15.9 Å². The molecule has 0 atom stereocenters. The molecule has 0 aromatic heterocycles. The van der Waals surface area contributed by atoms with Gasteiger partial charge < -0.3 is 9.47 Å². The molecule has 0 saturated carbocycles. The van der Waals surface area contributed by atoms with Gasteiger partial charge in [0.2, 0.25) is 0 Å². The lowest BCUT2D eigenvalue weighted by atomic mass is 10.2. The van der Waals surface area contributed by atoms with Crippen molar-refractivity contribution >= 4 is 22.0 Å². The molecule has 2 aromatic carbocycles. The number of rotatable bonds is 6. The van der Waals surface area contributed by atoms with Gasteiger partial charge in [0.05, 0.1) is 17.1 Å². The van der Waals surface area contributed by atoms with E-state index in [4.69, 9.17) is 14.7 Å². The number of ether oxygens (including phenoxy) is 2. The lowest BCUT2D eigenvalue weighted by molar-refractivity contribution is 0.264. The molecule has 3 nitrogen and oxygen atoms in total. The lowest BCUT2D eigenvalue weighted by Crippen LogP contribution is -2.02. The SMILES string of the molecule is CCOc1cc(/C=C/C#N)cc(Br)c1OCc1ccccc1F. The number of hydrogen-bond donors (Lipinski definition) is 0. The molecule has 0 N–H and O–H groups in total. The Morgan fingerprint density at radius 3 is 2.74 bits per heavy atom. The van der Waals surface area contributed by atoms with Crippen LogP contribution in [0.1, 0.15) is 18.1 Å². The second kappa shape index (κ2) is 8.35. The van der Waals surface area contributed by atoms with E-state index in [-0.39, 0.29) is 12.4 Å². The Morgan fingerprint density at radius 2 is 2.04 bits per heavy atom. The van der Waals surface area contributed by atoms with E-state index in [1.165, 1.54) is 12.1 Å². The van der Waals surface area contributed by atoms with Gasteiger partial charge in [-0.2, -0.15) is 5.26 Å². The van der Waals surface area contributed by atoms with Crippen LogP contribution in [0.25, 0.3) is 6.08 Å². The maximum absolute atomic E-state index is 13.7. The Kier molecular flexibility index (Phi) is 6.19. The summed E-state index contributed by atoms with van der Waals surface area (Å²) < 4.78 is 25.7. The quantitative estimate of drug-likeness (QED) is 0.659. The number of halogens is 2. The third-order valence-electron chi connectivity index (χ3n) is 3.01. The molecule has 2 aromatic rings. The molecule has 0 heterocycles. The number of nitrogens with zero attached hydrogens (tertiary/aromatic N) is 1. The van der Waals surface area contributed by atoms with E-state index in [1.807, 2.05) is 19.1 Å². The molecular formula is C18H15BrFNO2. The van der Waals surface area contributed by atoms with Crippen molar-refractivity contribution in [2.24, 2.45) is 0 Å². The van der Waals surface area contributed by atoms with Gasteiger partial charge in [-0.3, -0.25) is 0 Å². The maximum atomic E-state index is 13.7. The van der Waals surface area contributed by atoms with Crippen molar-refractivity contribution in [2.45, 2.75) is 13.5 Å². The Balaban J connectivity index is 2.28. The van der Waals surface area contributed by atoms with Crippen molar-refractivity contribution in [2.75, 3.05) is 6.61 Å². The number of nitriles is 1. The van der Waals surface area contributed by atoms with Gasteiger partial charge in [-0.15, -0.1) is 0 Å². The summed E-state index contributed by atoms with van der Waals surface area (Å²) in [5.74, 6) is 0.732. The smallest absolute Gasteiger partial charge is 0.175 e. The Bertz CT molecular complexity index is 753. The van der Waals surface area contributed by atoms with E-state index in [2.05, 4.69) is 15.9 Å². The van der Waals surface area contributed by atoms with Gasteiger partial charge in [0.1, 0.15) is 12.4 Å². The average Bonchev–Trinajstić information content (AvgIpc) is 2.54. The van der Waals surface area contributed by atoms with Crippen molar-refractivity contribution in [1.82, 2.24) is 0 Å². The molecule has 2 rings (SSSR count). The fraction of sp³-hybridized carbons (Fsp3) is 0.167. The molecule has 0 aliphatic rings. The monoisotopic (exact) mass is 375 g/mol. The summed E-state index contributed by atoms with van der Waals surface area (Å²) in [7, 11) is 0. The topological polar surface area (TPSA) is 42.2 Å². The van der Waals surface area contributed by atoms with Crippen LogP contribution in [0.2, 0.25) is 0 Å². The second-order valence-corrected chi connectivity index (χ2v) is 5.46. The highest BCUT2D eigenvalue weighted by atomic mass is 79.9.